The quantitative estimate of drug-likeness (QED) is 0.541. The van der Waals surface area contributed by atoms with Crippen LogP contribution in [0.4, 0.5) is 0 Å². The Labute approximate surface area is 202 Å². The van der Waals surface area contributed by atoms with Crippen LogP contribution in [0.3, 0.4) is 0 Å². The van der Waals surface area contributed by atoms with E-state index in [0.717, 1.165) is 50.0 Å². The highest BCUT2D eigenvalue weighted by Gasteiger charge is 2.32. The van der Waals surface area contributed by atoms with E-state index in [1.807, 2.05) is 24.3 Å². The van der Waals surface area contributed by atoms with Crippen LogP contribution in [0.2, 0.25) is 0 Å². The van der Waals surface area contributed by atoms with E-state index < -0.39 is 10.0 Å². The van der Waals surface area contributed by atoms with Crippen LogP contribution in [0.15, 0.2) is 59.6 Å². The lowest BCUT2D eigenvalue weighted by Crippen LogP contribution is -2.44. The summed E-state index contributed by atoms with van der Waals surface area (Å²) in [5.74, 6) is 1.24. The Morgan fingerprint density at radius 3 is 2.79 bits per heavy atom. The van der Waals surface area contributed by atoms with E-state index in [1.165, 1.54) is 11.1 Å². The molecule has 0 spiro atoms. The van der Waals surface area contributed by atoms with Gasteiger partial charge in [0.15, 0.2) is 0 Å². The standard InChI is InChI=1S/C25H29N3O3S.ClH/c1-31-23-10-9-22-18-27(14-11-21(22)15-23)16-19-5-4-13-28(17-19)32(29,30)24-8-2-6-20-7-3-12-26-25(20)24;/h2-3,6-10,12,15,19H,4-5,11,13-14,16-18H2,1H3;1H. The van der Waals surface area contributed by atoms with Crippen molar-refractivity contribution in [2.24, 2.45) is 5.92 Å². The van der Waals surface area contributed by atoms with Crippen LogP contribution >= 0.6 is 12.4 Å². The predicted octanol–water partition coefficient (Wildman–Crippen LogP) is 4.12. The first-order valence-corrected chi connectivity index (χ1v) is 12.7. The van der Waals surface area contributed by atoms with E-state index in [9.17, 15) is 8.42 Å². The monoisotopic (exact) mass is 487 g/mol. The van der Waals surface area contributed by atoms with Crippen LogP contribution < -0.4 is 4.74 Å². The molecule has 2 aliphatic rings. The molecular formula is C25H30ClN3O3S. The Bertz CT molecular complexity index is 1230. The maximum absolute atomic E-state index is 13.5. The van der Waals surface area contributed by atoms with Crippen LogP contribution in [-0.4, -0.2) is 55.9 Å². The highest BCUT2D eigenvalue weighted by molar-refractivity contribution is 7.89. The predicted molar refractivity (Wildman–Crippen MR) is 132 cm³/mol. The molecule has 2 aromatic carbocycles. The zero-order valence-electron chi connectivity index (χ0n) is 18.8. The van der Waals surface area contributed by atoms with Gasteiger partial charge in [-0.05, 0) is 60.6 Å². The van der Waals surface area contributed by atoms with E-state index in [2.05, 4.69) is 22.0 Å². The van der Waals surface area contributed by atoms with Crippen molar-refractivity contribution in [1.29, 1.82) is 0 Å². The number of para-hydroxylation sites is 1. The lowest BCUT2D eigenvalue weighted by molar-refractivity contribution is 0.167. The second-order valence-corrected chi connectivity index (χ2v) is 10.7. The van der Waals surface area contributed by atoms with Gasteiger partial charge in [-0.1, -0.05) is 24.3 Å². The third-order valence-electron chi connectivity index (χ3n) is 6.72. The number of rotatable bonds is 5. The van der Waals surface area contributed by atoms with Gasteiger partial charge in [0.25, 0.3) is 0 Å². The number of halogens is 1. The van der Waals surface area contributed by atoms with Gasteiger partial charge in [0.2, 0.25) is 10.0 Å². The Morgan fingerprint density at radius 2 is 1.94 bits per heavy atom. The molecule has 176 valence electrons. The number of pyridine rings is 1. The summed E-state index contributed by atoms with van der Waals surface area (Å²) < 4.78 is 34.1. The number of benzene rings is 2. The number of methoxy groups -OCH3 is 1. The number of sulfonamides is 1. The van der Waals surface area contributed by atoms with E-state index in [4.69, 9.17) is 4.74 Å². The minimum Gasteiger partial charge on any atom is -0.497 e. The van der Waals surface area contributed by atoms with Crippen LogP contribution in [0.25, 0.3) is 10.9 Å². The van der Waals surface area contributed by atoms with Gasteiger partial charge in [0.1, 0.15) is 10.6 Å². The van der Waals surface area contributed by atoms with Gasteiger partial charge < -0.3 is 4.74 Å². The molecule has 5 rings (SSSR count). The Balaban J connectivity index is 0.00000259. The third kappa shape index (κ3) is 4.87. The molecule has 0 bridgehead atoms. The fraction of sp³-hybridized carbons (Fsp3) is 0.400. The molecule has 1 unspecified atom stereocenters. The van der Waals surface area contributed by atoms with E-state index in [1.54, 1.807) is 29.7 Å². The Hall–Kier alpha value is -2.19. The molecule has 0 N–H and O–H groups in total. The molecule has 1 saturated heterocycles. The summed E-state index contributed by atoms with van der Waals surface area (Å²) >= 11 is 0. The molecule has 0 aliphatic carbocycles. The Morgan fingerprint density at radius 1 is 1.09 bits per heavy atom. The molecule has 1 fully saturated rings. The van der Waals surface area contributed by atoms with Crippen molar-refractivity contribution in [3.63, 3.8) is 0 Å². The molecule has 0 saturated carbocycles. The van der Waals surface area contributed by atoms with Gasteiger partial charge in [0.05, 0.1) is 12.6 Å². The van der Waals surface area contributed by atoms with Gasteiger partial charge in [-0.15, -0.1) is 12.4 Å². The number of hydrogen-bond donors (Lipinski definition) is 0. The topological polar surface area (TPSA) is 62.7 Å². The van der Waals surface area contributed by atoms with E-state index in [-0.39, 0.29) is 12.4 Å². The van der Waals surface area contributed by atoms with Gasteiger partial charge in [-0.2, -0.15) is 4.31 Å². The molecule has 2 aliphatic heterocycles. The summed E-state index contributed by atoms with van der Waals surface area (Å²) in [5.41, 5.74) is 3.26. The number of ether oxygens (including phenoxy) is 1. The molecule has 0 radical (unpaired) electrons. The summed E-state index contributed by atoms with van der Waals surface area (Å²) in [4.78, 5) is 7.15. The van der Waals surface area contributed by atoms with Gasteiger partial charge in [-0.3, -0.25) is 9.88 Å². The molecule has 3 heterocycles. The summed E-state index contributed by atoms with van der Waals surface area (Å²) in [5, 5.41) is 0.853. The maximum Gasteiger partial charge on any atom is 0.245 e. The van der Waals surface area contributed by atoms with Crippen molar-refractivity contribution in [3.8, 4) is 5.75 Å². The summed E-state index contributed by atoms with van der Waals surface area (Å²) in [6.07, 6.45) is 4.61. The number of hydrogen-bond acceptors (Lipinski definition) is 5. The van der Waals surface area contributed by atoms with Crippen molar-refractivity contribution in [2.75, 3.05) is 33.3 Å². The van der Waals surface area contributed by atoms with Crippen LogP contribution in [0, 0.1) is 5.92 Å². The molecule has 1 atom stereocenters. The maximum atomic E-state index is 13.5. The molecule has 6 nitrogen and oxygen atoms in total. The van der Waals surface area contributed by atoms with Crippen LogP contribution in [0.1, 0.15) is 24.0 Å². The fourth-order valence-corrected chi connectivity index (χ4v) is 6.77. The first-order chi connectivity index (χ1) is 15.5. The van der Waals surface area contributed by atoms with Crippen molar-refractivity contribution in [2.45, 2.75) is 30.7 Å². The van der Waals surface area contributed by atoms with Crippen LogP contribution in [0.5, 0.6) is 5.75 Å². The van der Waals surface area contributed by atoms with Crippen molar-refractivity contribution in [3.05, 3.63) is 65.9 Å². The number of piperidine rings is 1. The minimum atomic E-state index is -3.58. The highest BCUT2D eigenvalue weighted by Crippen LogP contribution is 2.30. The highest BCUT2D eigenvalue weighted by atomic mass is 35.5. The van der Waals surface area contributed by atoms with Gasteiger partial charge >= 0.3 is 0 Å². The molecular weight excluding hydrogens is 458 g/mol. The molecule has 33 heavy (non-hydrogen) atoms. The minimum absolute atomic E-state index is 0. The fourth-order valence-electron chi connectivity index (χ4n) is 5.05. The van der Waals surface area contributed by atoms with Crippen molar-refractivity contribution < 1.29 is 13.2 Å². The van der Waals surface area contributed by atoms with Gasteiger partial charge in [-0.25, -0.2) is 8.42 Å². The second kappa shape index (κ2) is 9.97. The summed E-state index contributed by atoms with van der Waals surface area (Å²) in [6.45, 7) is 3.97. The van der Waals surface area contributed by atoms with Gasteiger partial charge in [0, 0.05) is 44.3 Å². The first-order valence-electron chi connectivity index (χ1n) is 11.3. The van der Waals surface area contributed by atoms with E-state index >= 15 is 0 Å². The summed E-state index contributed by atoms with van der Waals surface area (Å²) in [6, 6.07) is 15.5. The third-order valence-corrected chi connectivity index (χ3v) is 8.61. The zero-order valence-corrected chi connectivity index (χ0v) is 20.4. The average Bonchev–Trinajstić information content (AvgIpc) is 2.83. The lowest BCUT2D eigenvalue weighted by Gasteiger charge is -2.36. The summed E-state index contributed by atoms with van der Waals surface area (Å²) in [7, 11) is -1.88. The second-order valence-electron chi connectivity index (χ2n) is 8.82. The number of aromatic nitrogens is 1. The number of nitrogens with zero attached hydrogens (tertiary/aromatic N) is 3. The first kappa shape index (κ1) is 24.0. The molecule has 0 amide bonds. The largest absolute Gasteiger partial charge is 0.497 e. The average molecular weight is 488 g/mol. The molecule has 3 aromatic rings. The van der Waals surface area contributed by atoms with E-state index in [0.29, 0.717) is 29.4 Å². The lowest BCUT2D eigenvalue weighted by atomic mass is 9.95. The Kier molecular flexibility index (Phi) is 7.24. The smallest absolute Gasteiger partial charge is 0.245 e. The molecule has 8 heteroatoms. The van der Waals surface area contributed by atoms with Crippen molar-refractivity contribution in [1.82, 2.24) is 14.2 Å². The van der Waals surface area contributed by atoms with Crippen LogP contribution in [-0.2, 0) is 23.0 Å². The number of fused-ring (bicyclic) bond motifs is 2. The zero-order chi connectivity index (χ0) is 22.1. The SMILES string of the molecule is COc1ccc2c(c1)CCN(CC1CCCN(S(=O)(=O)c3cccc4cccnc34)C1)C2.Cl. The molecule has 1 aromatic heterocycles. The van der Waals surface area contributed by atoms with Crippen molar-refractivity contribution >= 4 is 33.3 Å². The normalized spacial score (nSPS) is 19.6.